The van der Waals surface area contributed by atoms with E-state index < -0.39 is 11.6 Å². The number of halogens is 3. The summed E-state index contributed by atoms with van der Waals surface area (Å²) in [4.78, 5) is 0. The van der Waals surface area contributed by atoms with Crippen LogP contribution >= 0.6 is 0 Å². The number of hydrogen-bond acceptors (Lipinski definition) is 2. The summed E-state index contributed by atoms with van der Waals surface area (Å²) < 4.78 is 55.2. The molecule has 0 saturated heterocycles. The highest BCUT2D eigenvalue weighted by Crippen LogP contribution is 2.39. The first kappa shape index (κ1) is 26.5. The summed E-state index contributed by atoms with van der Waals surface area (Å²) in [5.74, 6) is -0.718. The maximum atomic E-state index is 14.9. The van der Waals surface area contributed by atoms with Gasteiger partial charge in [0.25, 0.3) is 0 Å². The molecule has 2 nitrogen and oxygen atoms in total. The van der Waals surface area contributed by atoms with Crippen molar-refractivity contribution in [3.8, 4) is 5.75 Å². The summed E-state index contributed by atoms with van der Waals surface area (Å²) in [6.45, 7) is 6.51. The Morgan fingerprint density at radius 2 is 1.81 bits per heavy atom. The van der Waals surface area contributed by atoms with Crippen molar-refractivity contribution in [2.24, 2.45) is 5.92 Å². The Morgan fingerprint density at radius 3 is 2.47 bits per heavy atom. The Hall–Kier alpha value is -2.53. The van der Waals surface area contributed by atoms with Gasteiger partial charge in [-0.1, -0.05) is 36.9 Å². The van der Waals surface area contributed by atoms with E-state index in [-0.39, 0.29) is 24.3 Å². The third kappa shape index (κ3) is 6.42. The Kier molecular flexibility index (Phi) is 9.30. The number of benzene rings is 2. The lowest BCUT2D eigenvalue weighted by molar-refractivity contribution is 0.0579. The fourth-order valence-corrected chi connectivity index (χ4v) is 5.65. The van der Waals surface area contributed by atoms with E-state index in [4.69, 9.17) is 9.47 Å². The molecule has 2 aliphatic rings. The van der Waals surface area contributed by atoms with Crippen LogP contribution in [0.4, 0.5) is 13.2 Å². The highest BCUT2D eigenvalue weighted by atomic mass is 19.2. The average molecular weight is 499 g/mol. The predicted octanol–water partition coefficient (Wildman–Crippen LogP) is 8.55. The number of allylic oxidation sites excluding steroid dienone is 1. The molecule has 0 spiro atoms. The maximum absolute atomic E-state index is 14.9. The topological polar surface area (TPSA) is 18.5 Å². The van der Waals surface area contributed by atoms with Crippen molar-refractivity contribution < 1.29 is 22.6 Å². The van der Waals surface area contributed by atoms with Crippen molar-refractivity contribution in [2.75, 3.05) is 13.2 Å². The molecular formula is C31H37F3O2. The van der Waals surface area contributed by atoms with Gasteiger partial charge in [-0.2, -0.15) is 0 Å². The average Bonchev–Trinajstić information content (AvgIpc) is 2.90. The minimum absolute atomic E-state index is 0.177. The van der Waals surface area contributed by atoms with Crippen molar-refractivity contribution in [2.45, 2.75) is 76.7 Å². The van der Waals surface area contributed by atoms with Crippen molar-refractivity contribution in [3.05, 3.63) is 83.2 Å². The van der Waals surface area contributed by atoms with E-state index in [0.29, 0.717) is 42.4 Å². The van der Waals surface area contributed by atoms with Crippen molar-refractivity contribution >= 4 is 5.57 Å². The number of rotatable bonds is 10. The van der Waals surface area contributed by atoms with Crippen LogP contribution in [0.25, 0.3) is 5.57 Å². The van der Waals surface area contributed by atoms with Gasteiger partial charge < -0.3 is 9.47 Å². The van der Waals surface area contributed by atoms with Crippen molar-refractivity contribution in [1.29, 1.82) is 0 Å². The van der Waals surface area contributed by atoms with Gasteiger partial charge in [0.1, 0.15) is 6.61 Å². The van der Waals surface area contributed by atoms with Crippen LogP contribution in [0.2, 0.25) is 0 Å². The minimum atomic E-state index is -0.722. The molecule has 4 rings (SSSR count). The van der Waals surface area contributed by atoms with Gasteiger partial charge in [0.2, 0.25) is 0 Å². The molecule has 0 heterocycles. The number of aryl methyl sites for hydroxylation is 1. The Balaban J connectivity index is 1.29. The van der Waals surface area contributed by atoms with E-state index in [9.17, 15) is 13.2 Å². The maximum Gasteiger partial charge on any atom is 0.166 e. The summed E-state index contributed by atoms with van der Waals surface area (Å²) in [5, 5.41) is 0. The van der Waals surface area contributed by atoms with Crippen LogP contribution in [0.15, 0.2) is 49.1 Å². The highest BCUT2D eigenvalue weighted by molar-refractivity contribution is 5.67. The summed E-state index contributed by atoms with van der Waals surface area (Å²) in [6, 6.07) is 8.73. The van der Waals surface area contributed by atoms with Crippen LogP contribution in [-0.4, -0.2) is 19.3 Å². The molecule has 5 heteroatoms. The smallest absolute Gasteiger partial charge is 0.166 e. The molecule has 2 aromatic rings. The second-order valence-corrected chi connectivity index (χ2v) is 10.0. The summed E-state index contributed by atoms with van der Waals surface area (Å²) in [5.41, 5.74) is 2.73. The lowest BCUT2D eigenvalue weighted by Crippen LogP contribution is -2.16. The van der Waals surface area contributed by atoms with E-state index in [1.165, 1.54) is 0 Å². The SMILES string of the molecule is C=CCOc1ccc(C2CCC(CCc3ccc(C4=CCC(OCC)CC4)c(F)c3F)CC2)cc1F. The van der Waals surface area contributed by atoms with Crippen LogP contribution < -0.4 is 4.74 Å². The zero-order valence-corrected chi connectivity index (χ0v) is 21.2. The normalized spacial score (nSPS) is 22.2. The van der Waals surface area contributed by atoms with E-state index in [1.807, 2.05) is 19.1 Å². The molecule has 2 aromatic carbocycles. The van der Waals surface area contributed by atoms with E-state index in [1.54, 1.807) is 30.3 Å². The quantitative estimate of drug-likeness (QED) is 0.306. The largest absolute Gasteiger partial charge is 0.486 e. The summed E-state index contributed by atoms with van der Waals surface area (Å²) >= 11 is 0. The van der Waals surface area contributed by atoms with E-state index >= 15 is 0 Å². The summed E-state index contributed by atoms with van der Waals surface area (Å²) in [6.07, 6.45) is 11.4. The predicted molar refractivity (Wildman–Crippen MR) is 139 cm³/mol. The van der Waals surface area contributed by atoms with Gasteiger partial charge in [-0.25, -0.2) is 13.2 Å². The van der Waals surface area contributed by atoms with Crippen LogP contribution in [0, 0.1) is 23.4 Å². The molecule has 2 aliphatic carbocycles. The Morgan fingerprint density at radius 1 is 1.00 bits per heavy atom. The molecule has 1 unspecified atom stereocenters. The first-order valence-electron chi connectivity index (χ1n) is 13.3. The standard InChI is InChI=1S/C31H37F3O2/c1-3-19-36-29-18-14-25(20-28(29)32)22-8-5-21(6-9-22)7-10-24-13-17-27(31(34)30(24)33)23-11-15-26(16-12-23)35-4-2/h3,11,13-14,17-18,20-22,26H,1,4-10,12,15-16,19H2,2H3. The van der Waals surface area contributed by atoms with E-state index in [2.05, 4.69) is 6.58 Å². The number of ether oxygens (including phenoxy) is 2. The molecule has 0 aliphatic heterocycles. The number of hydrogen-bond donors (Lipinski definition) is 0. The monoisotopic (exact) mass is 498 g/mol. The summed E-state index contributed by atoms with van der Waals surface area (Å²) in [7, 11) is 0. The zero-order chi connectivity index (χ0) is 25.5. The minimum Gasteiger partial charge on any atom is -0.486 e. The Bertz CT molecular complexity index is 1070. The molecule has 0 amide bonds. The van der Waals surface area contributed by atoms with E-state index in [0.717, 1.165) is 56.1 Å². The third-order valence-corrected chi connectivity index (χ3v) is 7.73. The second-order valence-electron chi connectivity index (χ2n) is 10.0. The van der Waals surface area contributed by atoms with Gasteiger partial charge >= 0.3 is 0 Å². The van der Waals surface area contributed by atoms with Crippen LogP contribution in [-0.2, 0) is 11.2 Å². The van der Waals surface area contributed by atoms with Gasteiger partial charge in [0, 0.05) is 12.2 Å². The van der Waals surface area contributed by atoms with Gasteiger partial charge in [-0.05, 0) is 105 Å². The Labute approximate surface area is 213 Å². The second kappa shape index (κ2) is 12.6. The van der Waals surface area contributed by atoms with Crippen LogP contribution in [0.3, 0.4) is 0 Å². The van der Waals surface area contributed by atoms with Gasteiger partial charge in [-0.15, -0.1) is 0 Å². The first-order chi connectivity index (χ1) is 17.5. The lowest BCUT2D eigenvalue weighted by Gasteiger charge is -2.29. The van der Waals surface area contributed by atoms with Crippen molar-refractivity contribution in [1.82, 2.24) is 0 Å². The fraction of sp³-hybridized carbons (Fsp3) is 0.484. The fourth-order valence-electron chi connectivity index (χ4n) is 5.65. The molecule has 0 N–H and O–H groups in total. The molecule has 1 fully saturated rings. The first-order valence-corrected chi connectivity index (χ1v) is 13.3. The molecule has 36 heavy (non-hydrogen) atoms. The van der Waals surface area contributed by atoms with Gasteiger partial charge in [-0.3, -0.25) is 0 Å². The van der Waals surface area contributed by atoms with Gasteiger partial charge in [0.05, 0.1) is 6.10 Å². The zero-order valence-electron chi connectivity index (χ0n) is 21.2. The highest BCUT2D eigenvalue weighted by Gasteiger charge is 2.25. The molecular weight excluding hydrogens is 461 g/mol. The molecule has 0 bridgehead atoms. The third-order valence-electron chi connectivity index (χ3n) is 7.73. The van der Waals surface area contributed by atoms with Crippen molar-refractivity contribution in [3.63, 3.8) is 0 Å². The molecule has 1 saturated carbocycles. The van der Waals surface area contributed by atoms with Crippen LogP contribution in [0.5, 0.6) is 5.75 Å². The van der Waals surface area contributed by atoms with Gasteiger partial charge in [0.15, 0.2) is 23.2 Å². The van der Waals surface area contributed by atoms with Crippen LogP contribution in [0.1, 0.15) is 80.9 Å². The molecule has 0 radical (unpaired) electrons. The molecule has 0 aromatic heterocycles. The lowest BCUT2D eigenvalue weighted by atomic mass is 9.77. The molecule has 194 valence electrons. The molecule has 1 atom stereocenters.